The fourth-order valence-corrected chi connectivity index (χ4v) is 2.39. The number of carboxylic acid groups (broad SMARTS) is 1. The van der Waals surface area contributed by atoms with Crippen molar-refractivity contribution in [1.29, 1.82) is 0 Å². The second-order valence-corrected chi connectivity index (χ2v) is 4.71. The minimum atomic E-state index is -0.947. The fraction of sp³-hybridized carbons (Fsp3) is 0.214. The summed E-state index contributed by atoms with van der Waals surface area (Å²) in [5.74, 6) is -0.947. The highest BCUT2D eigenvalue weighted by atomic mass is 35.5. The van der Waals surface area contributed by atoms with E-state index in [0.717, 1.165) is 38.8 Å². The third-order valence-electron chi connectivity index (χ3n) is 3.28. The summed E-state index contributed by atoms with van der Waals surface area (Å²) in [6.45, 7) is 3.93. The fourth-order valence-electron chi connectivity index (χ4n) is 2.23. The molecule has 0 unspecified atom stereocenters. The molecule has 1 heterocycles. The van der Waals surface area contributed by atoms with Crippen molar-refractivity contribution in [3.05, 3.63) is 40.1 Å². The number of halogens is 1. The molecule has 4 heteroatoms. The van der Waals surface area contributed by atoms with Gasteiger partial charge in [0.15, 0.2) is 0 Å². The molecule has 0 saturated heterocycles. The lowest BCUT2D eigenvalue weighted by molar-refractivity contribution is -0.131. The number of aromatic nitrogens is 1. The normalized spacial score (nSPS) is 11.6. The maximum absolute atomic E-state index is 10.6. The van der Waals surface area contributed by atoms with Crippen LogP contribution in [0.4, 0.5) is 0 Å². The maximum Gasteiger partial charge on any atom is 0.328 e. The number of aliphatic carboxylic acids is 1. The summed E-state index contributed by atoms with van der Waals surface area (Å²) in [5, 5.41) is 10.5. The maximum atomic E-state index is 10.6. The third kappa shape index (κ3) is 1.91. The molecule has 0 fully saturated rings. The molecule has 2 rings (SSSR count). The standard InChI is InChI=1S/C14H14ClNO2/c1-8-12(15)6-4-11-10(5-7-13(17)18)9(2)16(3)14(8)11/h4-7H,1-3H3,(H,17,18)/b7-5+. The van der Waals surface area contributed by atoms with Crippen LogP contribution in [0.1, 0.15) is 16.8 Å². The quantitative estimate of drug-likeness (QED) is 0.842. The lowest BCUT2D eigenvalue weighted by Gasteiger charge is -2.03. The Morgan fingerprint density at radius 3 is 2.67 bits per heavy atom. The van der Waals surface area contributed by atoms with Crippen molar-refractivity contribution in [2.24, 2.45) is 7.05 Å². The molecule has 3 nitrogen and oxygen atoms in total. The Morgan fingerprint density at radius 2 is 2.06 bits per heavy atom. The van der Waals surface area contributed by atoms with Gasteiger partial charge in [-0.3, -0.25) is 0 Å². The van der Waals surface area contributed by atoms with Crippen molar-refractivity contribution in [2.75, 3.05) is 0 Å². The summed E-state index contributed by atoms with van der Waals surface area (Å²) < 4.78 is 2.04. The molecule has 0 spiro atoms. The Bertz CT molecular complexity index is 668. The van der Waals surface area contributed by atoms with Gasteiger partial charge >= 0.3 is 5.97 Å². The first-order valence-corrected chi connectivity index (χ1v) is 5.96. The highest BCUT2D eigenvalue weighted by Crippen LogP contribution is 2.32. The Balaban J connectivity index is 2.80. The van der Waals surface area contributed by atoms with Crippen LogP contribution in [0, 0.1) is 13.8 Å². The Kier molecular flexibility index (Phi) is 3.18. The number of hydrogen-bond donors (Lipinski definition) is 1. The second kappa shape index (κ2) is 4.50. The van der Waals surface area contributed by atoms with Crippen LogP contribution in [-0.2, 0) is 11.8 Å². The zero-order valence-corrected chi connectivity index (χ0v) is 11.2. The molecule has 0 amide bonds. The van der Waals surface area contributed by atoms with E-state index in [1.807, 2.05) is 37.6 Å². The van der Waals surface area contributed by atoms with E-state index in [4.69, 9.17) is 16.7 Å². The van der Waals surface area contributed by atoms with Gasteiger partial charge in [-0.05, 0) is 31.6 Å². The summed E-state index contributed by atoms with van der Waals surface area (Å²) in [7, 11) is 1.96. The predicted octanol–water partition coefficient (Wildman–Crippen LogP) is 3.55. The van der Waals surface area contributed by atoms with Crippen molar-refractivity contribution >= 4 is 34.5 Å². The van der Waals surface area contributed by atoms with Gasteiger partial charge in [-0.2, -0.15) is 0 Å². The van der Waals surface area contributed by atoms with Crippen LogP contribution in [-0.4, -0.2) is 15.6 Å². The van der Waals surface area contributed by atoms with E-state index in [1.54, 1.807) is 6.08 Å². The molecule has 18 heavy (non-hydrogen) atoms. The number of rotatable bonds is 2. The average molecular weight is 264 g/mol. The Labute approximate surface area is 110 Å². The van der Waals surface area contributed by atoms with Crippen LogP contribution >= 0.6 is 11.6 Å². The minimum absolute atomic E-state index is 0.719. The first-order valence-electron chi connectivity index (χ1n) is 5.58. The number of benzene rings is 1. The van der Waals surface area contributed by atoms with E-state index in [-0.39, 0.29) is 0 Å². The van der Waals surface area contributed by atoms with Gasteiger partial charge in [0.2, 0.25) is 0 Å². The molecule has 1 aromatic heterocycles. The summed E-state index contributed by atoms with van der Waals surface area (Å²) in [6.07, 6.45) is 2.79. The highest BCUT2D eigenvalue weighted by Gasteiger charge is 2.13. The number of aryl methyl sites for hydroxylation is 2. The van der Waals surface area contributed by atoms with Crippen LogP contribution in [0.25, 0.3) is 17.0 Å². The van der Waals surface area contributed by atoms with Crippen LogP contribution < -0.4 is 0 Å². The second-order valence-electron chi connectivity index (χ2n) is 4.30. The zero-order valence-electron chi connectivity index (χ0n) is 10.5. The molecule has 0 radical (unpaired) electrons. The van der Waals surface area contributed by atoms with Gasteiger partial charge < -0.3 is 9.67 Å². The van der Waals surface area contributed by atoms with Crippen LogP contribution in [0.3, 0.4) is 0 Å². The Morgan fingerprint density at radius 1 is 1.39 bits per heavy atom. The highest BCUT2D eigenvalue weighted by molar-refractivity contribution is 6.32. The summed E-state index contributed by atoms with van der Waals surface area (Å²) in [5.41, 5.74) is 4.00. The topological polar surface area (TPSA) is 42.2 Å². The van der Waals surface area contributed by atoms with E-state index >= 15 is 0 Å². The molecule has 0 atom stereocenters. The first-order chi connectivity index (χ1) is 8.43. The van der Waals surface area contributed by atoms with E-state index in [0.29, 0.717) is 0 Å². The van der Waals surface area contributed by atoms with E-state index in [1.165, 1.54) is 0 Å². The summed E-state index contributed by atoms with van der Waals surface area (Å²) in [6, 6.07) is 3.77. The lowest BCUT2D eigenvalue weighted by Crippen LogP contribution is -1.92. The molecule has 0 bridgehead atoms. The number of hydrogen-bond acceptors (Lipinski definition) is 1. The molecule has 0 saturated carbocycles. The SMILES string of the molecule is Cc1c(Cl)ccc2c(/C=C/C(=O)O)c(C)n(C)c12. The molecule has 1 aromatic carbocycles. The average Bonchev–Trinajstić information content (AvgIpc) is 2.55. The largest absolute Gasteiger partial charge is 0.478 e. The molecule has 0 aliphatic heterocycles. The van der Waals surface area contributed by atoms with Crippen molar-refractivity contribution in [3.63, 3.8) is 0 Å². The van der Waals surface area contributed by atoms with E-state index < -0.39 is 5.97 Å². The van der Waals surface area contributed by atoms with Crippen LogP contribution in [0.15, 0.2) is 18.2 Å². The monoisotopic (exact) mass is 263 g/mol. The number of carboxylic acids is 1. The molecular formula is C14H14ClNO2. The van der Waals surface area contributed by atoms with Gasteiger partial charge in [0.1, 0.15) is 0 Å². The van der Waals surface area contributed by atoms with Crippen LogP contribution in [0.5, 0.6) is 0 Å². The van der Waals surface area contributed by atoms with Crippen LogP contribution in [0.2, 0.25) is 5.02 Å². The summed E-state index contributed by atoms with van der Waals surface area (Å²) in [4.78, 5) is 10.6. The first kappa shape index (κ1) is 12.7. The molecule has 1 N–H and O–H groups in total. The molecule has 2 aromatic rings. The van der Waals surface area contributed by atoms with Gasteiger partial charge in [0.05, 0.1) is 5.52 Å². The van der Waals surface area contributed by atoms with Gasteiger partial charge in [0, 0.05) is 34.8 Å². The molecular weight excluding hydrogens is 250 g/mol. The molecule has 0 aliphatic carbocycles. The predicted molar refractivity (Wildman–Crippen MR) is 74.1 cm³/mol. The lowest BCUT2D eigenvalue weighted by atomic mass is 10.1. The van der Waals surface area contributed by atoms with E-state index in [2.05, 4.69) is 0 Å². The van der Waals surface area contributed by atoms with Gasteiger partial charge in [-0.1, -0.05) is 17.7 Å². The van der Waals surface area contributed by atoms with Crippen molar-refractivity contribution in [1.82, 2.24) is 4.57 Å². The van der Waals surface area contributed by atoms with E-state index in [9.17, 15) is 4.79 Å². The zero-order chi connectivity index (χ0) is 13.4. The number of fused-ring (bicyclic) bond motifs is 1. The third-order valence-corrected chi connectivity index (χ3v) is 3.69. The van der Waals surface area contributed by atoms with Gasteiger partial charge in [-0.15, -0.1) is 0 Å². The number of carbonyl (C=O) groups is 1. The summed E-state index contributed by atoms with van der Waals surface area (Å²) >= 11 is 6.12. The van der Waals surface area contributed by atoms with Crippen molar-refractivity contribution in [2.45, 2.75) is 13.8 Å². The Hall–Kier alpha value is -1.74. The number of nitrogens with zero attached hydrogens (tertiary/aromatic N) is 1. The van der Waals surface area contributed by atoms with Gasteiger partial charge in [0.25, 0.3) is 0 Å². The minimum Gasteiger partial charge on any atom is -0.478 e. The molecule has 94 valence electrons. The smallest absolute Gasteiger partial charge is 0.328 e. The van der Waals surface area contributed by atoms with Crippen molar-refractivity contribution in [3.8, 4) is 0 Å². The molecule has 0 aliphatic rings. The van der Waals surface area contributed by atoms with Gasteiger partial charge in [-0.25, -0.2) is 4.79 Å². The van der Waals surface area contributed by atoms with Crippen molar-refractivity contribution < 1.29 is 9.90 Å².